The van der Waals surface area contributed by atoms with Crippen LogP contribution in [0.3, 0.4) is 0 Å². The molecule has 2 aliphatic carbocycles. The van der Waals surface area contributed by atoms with Crippen LogP contribution in [0.5, 0.6) is 0 Å². The predicted octanol–water partition coefficient (Wildman–Crippen LogP) is 3.01. The minimum absolute atomic E-state index is 0.142. The van der Waals surface area contributed by atoms with Gasteiger partial charge in [-0.2, -0.15) is 5.26 Å². The summed E-state index contributed by atoms with van der Waals surface area (Å²) in [5.74, 6) is 2.10. The van der Waals surface area contributed by atoms with E-state index in [1.807, 2.05) is 6.07 Å². The Hall–Kier alpha value is -2.02. The Labute approximate surface area is 139 Å². The molecule has 1 N–H and O–H groups in total. The average molecular weight is 313 g/mol. The normalized spacial score (nSPS) is 27.1. The lowest BCUT2D eigenvalue weighted by atomic mass is 9.84. The maximum Gasteiger partial charge on any atom is 0.266 e. The molecule has 4 unspecified atom stereocenters. The number of amides is 1. The zero-order valence-electron chi connectivity index (χ0n) is 14.0. The lowest BCUT2D eigenvalue weighted by molar-refractivity contribution is -0.125. The summed E-state index contributed by atoms with van der Waals surface area (Å²) in [6, 6.07) is 2.32. The maximum absolute atomic E-state index is 12.4. The van der Waals surface area contributed by atoms with Gasteiger partial charge in [0.05, 0.1) is 0 Å². The van der Waals surface area contributed by atoms with Gasteiger partial charge in [-0.15, -0.1) is 13.2 Å². The van der Waals surface area contributed by atoms with Gasteiger partial charge in [0.25, 0.3) is 5.91 Å². The number of hydrogen-bond acceptors (Lipinski definition) is 3. The van der Waals surface area contributed by atoms with Crippen LogP contribution in [0.4, 0.5) is 0 Å². The van der Waals surface area contributed by atoms with Crippen molar-refractivity contribution in [2.45, 2.75) is 38.6 Å². The summed E-state index contributed by atoms with van der Waals surface area (Å²) in [6.45, 7) is 10.3. The van der Waals surface area contributed by atoms with E-state index in [-0.39, 0.29) is 11.5 Å². The molecule has 0 radical (unpaired) electrons. The summed E-state index contributed by atoms with van der Waals surface area (Å²) in [6.07, 6.45) is 10.3. The van der Waals surface area contributed by atoms with Crippen molar-refractivity contribution in [1.29, 1.82) is 5.26 Å². The molecule has 2 bridgehead atoms. The molecule has 1 amide bonds. The third kappa shape index (κ3) is 4.04. The van der Waals surface area contributed by atoms with Crippen LogP contribution in [-0.4, -0.2) is 29.9 Å². The Morgan fingerprint density at radius 1 is 1.35 bits per heavy atom. The molecule has 0 spiro atoms. The van der Waals surface area contributed by atoms with Crippen LogP contribution in [-0.2, 0) is 4.79 Å². The summed E-state index contributed by atoms with van der Waals surface area (Å²) in [5, 5.41) is 12.6. The Morgan fingerprint density at radius 3 is 2.52 bits per heavy atom. The van der Waals surface area contributed by atoms with Gasteiger partial charge in [0.2, 0.25) is 0 Å². The Balaban J connectivity index is 1.97. The number of carbonyl (C=O) groups excluding carboxylic acids is 1. The first-order valence-electron chi connectivity index (χ1n) is 8.48. The van der Waals surface area contributed by atoms with Crippen molar-refractivity contribution in [2.75, 3.05) is 13.1 Å². The molecule has 124 valence electrons. The van der Waals surface area contributed by atoms with E-state index in [1.54, 1.807) is 23.3 Å². The fourth-order valence-electron chi connectivity index (χ4n) is 4.11. The average Bonchev–Trinajstić information content (AvgIpc) is 3.18. The van der Waals surface area contributed by atoms with Crippen LogP contribution in [0.25, 0.3) is 0 Å². The van der Waals surface area contributed by atoms with E-state index in [4.69, 9.17) is 0 Å². The monoisotopic (exact) mass is 313 g/mol. The molecule has 23 heavy (non-hydrogen) atoms. The maximum atomic E-state index is 12.4. The molecule has 2 saturated carbocycles. The number of carbonyl (C=O) groups is 1. The van der Waals surface area contributed by atoms with Gasteiger partial charge in [-0.1, -0.05) is 18.6 Å². The topological polar surface area (TPSA) is 56.1 Å². The van der Waals surface area contributed by atoms with Crippen LogP contribution in [0.1, 0.15) is 32.6 Å². The van der Waals surface area contributed by atoms with Gasteiger partial charge in [-0.25, -0.2) is 0 Å². The molecule has 0 aromatic carbocycles. The zero-order chi connectivity index (χ0) is 16.8. The fraction of sp³-hybridized carbons (Fsp3) is 0.579. The van der Waals surface area contributed by atoms with Crippen LogP contribution >= 0.6 is 0 Å². The van der Waals surface area contributed by atoms with Gasteiger partial charge in [0.1, 0.15) is 11.6 Å². The van der Waals surface area contributed by atoms with Crippen molar-refractivity contribution >= 4 is 5.91 Å². The van der Waals surface area contributed by atoms with Gasteiger partial charge >= 0.3 is 0 Å². The number of nitriles is 1. The van der Waals surface area contributed by atoms with Crippen LogP contribution in [0.15, 0.2) is 37.1 Å². The third-order valence-electron chi connectivity index (χ3n) is 5.26. The zero-order valence-corrected chi connectivity index (χ0v) is 14.0. The van der Waals surface area contributed by atoms with E-state index in [1.165, 1.54) is 25.7 Å². The van der Waals surface area contributed by atoms with Crippen molar-refractivity contribution in [1.82, 2.24) is 10.2 Å². The molecule has 4 atom stereocenters. The molecule has 0 aromatic heterocycles. The Kier molecular flexibility index (Phi) is 6.04. The van der Waals surface area contributed by atoms with Crippen molar-refractivity contribution in [3.63, 3.8) is 0 Å². The van der Waals surface area contributed by atoms with Gasteiger partial charge in [0.15, 0.2) is 0 Å². The van der Waals surface area contributed by atoms with Crippen LogP contribution in [0.2, 0.25) is 0 Å². The SMILES string of the molecule is C=CCN(CC=C)C(=O)/C(C#N)=C\NC(C)C1CC2CCC1C2. The number of nitrogens with zero attached hydrogens (tertiary/aromatic N) is 2. The molecule has 0 aromatic rings. The lowest BCUT2D eigenvalue weighted by Crippen LogP contribution is -2.36. The van der Waals surface area contributed by atoms with E-state index < -0.39 is 0 Å². The molecular formula is C19H27N3O. The molecule has 0 saturated heterocycles. The van der Waals surface area contributed by atoms with E-state index in [9.17, 15) is 10.1 Å². The summed E-state index contributed by atoms with van der Waals surface area (Å²) < 4.78 is 0. The predicted molar refractivity (Wildman–Crippen MR) is 92.2 cm³/mol. The van der Waals surface area contributed by atoms with E-state index in [2.05, 4.69) is 25.4 Å². The van der Waals surface area contributed by atoms with Crippen LogP contribution < -0.4 is 5.32 Å². The smallest absolute Gasteiger partial charge is 0.266 e. The highest BCUT2D eigenvalue weighted by Gasteiger charge is 2.41. The van der Waals surface area contributed by atoms with Crippen molar-refractivity contribution in [2.24, 2.45) is 17.8 Å². The minimum atomic E-state index is -0.278. The van der Waals surface area contributed by atoms with E-state index in [0.717, 1.165) is 11.8 Å². The highest BCUT2D eigenvalue weighted by Crippen LogP contribution is 2.49. The van der Waals surface area contributed by atoms with Crippen molar-refractivity contribution in [3.05, 3.63) is 37.1 Å². The fourth-order valence-corrected chi connectivity index (χ4v) is 4.11. The molecule has 4 heteroatoms. The van der Waals surface area contributed by atoms with Gasteiger partial charge in [-0.3, -0.25) is 4.79 Å². The summed E-state index contributed by atoms with van der Waals surface area (Å²) >= 11 is 0. The molecular weight excluding hydrogens is 286 g/mol. The van der Waals surface area contributed by atoms with Crippen molar-refractivity contribution in [3.8, 4) is 6.07 Å². The molecule has 0 heterocycles. The second-order valence-corrected chi connectivity index (χ2v) is 6.75. The van der Waals surface area contributed by atoms with Crippen molar-refractivity contribution < 1.29 is 4.79 Å². The molecule has 2 fully saturated rings. The number of rotatable bonds is 8. The van der Waals surface area contributed by atoms with E-state index in [0.29, 0.717) is 25.0 Å². The first kappa shape index (κ1) is 17.3. The summed E-state index contributed by atoms with van der Waals surface area (Å²) in [5.41, 5.74) is 0.142. The minimum Gasteiger partial charge on any atom is -0.387 e. The molecule has 0 aliphatic heterocycles. The van der Waals surface area contributed by atoms with Gasteiger partial charge in [0, 0.05) is 25.3 Å². The first-order valence-corrected chi connectivity index (χ1v) is 8.48. The van der Waals surface area contributed by atoms with Gasteiger partial charge in [-0.05, 0) is 43.9 Å². The largest absolute Gasteiger partial charge is 0.387 e. The number of nitrogens with one attached hydrogen (secondary N) is 1. The Bertz CT molecular complexity index is 521. The number of hydrogen-bond donors (Lipinski definition) is 1. The lowest BCUT2D eigenvalue weighted by Gasteiger charge is -2.28. The standard InChI is InChI=1S/C19H27N3O/c1-4-8-22(9-5-2)19(23)17(12-20)13-21-14(3)18-11-15-6-7-16(18)10-15/h4-5,13-16,18,21H,1-2,6-11H2,3H3/b17-13-. The van der Waals surface area contributed by atoms with Crippen LogP contribution in [0, 0.1) is 29.1 Å². The highest BCUT2D eigenvalue weighted by molar-refractivity contribution is 5.97. The quantitative estimate of drug-likeness (QED) is 0.426. The first-order chi connectivity index (χ1) is 11.1. The molecule has 2 rings (SSSR count). The highest BCUT2D eigenvalue weighted by atomic mass is 16.2. The molecule has 2 aliphatic rings. The van der Waals surface area contributed by atoms with Gasteiger partial charge < -0.3 is 10.2 Å². The summed E-state index contributed by atoms with van der Waals surface area (Å²) in [7, 11) is 0. The second-order valence-electron chi connectivity index (χ2n) is 6.75. The Morgan fingerprint density at radius 2 is 2.04 bits per heavy atom. The summed E-state index contributed by atoms with van der Waals surface area (Å²) in [4.78, 5) is 14.0. The second kappa shape index (κ2) is 8.01. The number of fused-ring (bicyclic) bond motifs is 2. The van der Waals surface area contributed by atoms with E-state index >= 15 is 0 Å². The third-order valence-corrected chi connectivity index (χ3v) is 5.26. The molecule has 4 nitrogen and oxygen atoms in total.